The van der Waals surface area contributed by atoms with Gasteiger partial charge in [-0.05, 0) is 0 Å². The molecule has 0 unspecified atom stereocenters. The maximum Gasteiger partial charge on any atom is 0.327 e. The number of carboxylic acids is 3. The molecule has 12 nitrogen and oxygen atoms in total. The van der Waals surface area contributed by atoms with Gasteiger partial charge >= 0.3 is 35.9 Å². The van der Waals surface area contributed by atoms with Crippen LogP contribution in [-0.2, 0) is 14.4 Å². The van der Waals surface area contributed by atoms with Gasteiger partial charge in [-0.1, -0.05) is 18.2 Å². The zero-order chi connectivity index (χ0) is 22.2. The number of hydrogen-bond donors (Lipinski definition) is 3. The van der Waals surface area contributed by atoms with E-state index >= 15 is 0 Å². The van der Waals surface area contributed by atoms with Crippen molar-refractivity contribution in [2.75, 3.05) is 19.8 Å². The molecule has 0 aromatic carbocycles. The molecular weight excluding hydrogens is 402 g/mol. The van der Waals surface area contributed by atoms with Crippen LogP contribution in [0.15, 0.2) is 36.5 Å². The second-order valence-electron chi connectivity index (χ2n) is 5.32. The molecule has 0 spiro atoms. The third kappa shape index (κ3) is 12.4. The van der Waals surface area contributed by atoms with Crippen LogP contribution in [0.2, 0.25) is 0 Å². The standard InChI is InChI=1S/C18H21N3O9/c22-13(23)7-1-4-10-28-16-19-17(29-11-5-2-8-14(24)25)21-18(20-16)30-12-6-3-9-15(26)27/h1-3,7-9H,4-6,10-12H2,(H,22,23)(H,24,25)(H,26,27). The van der Waals surface area contributed by atoms with E-state index in [1.165, 1.54) is 18.2 Å². The van der Waals surface area contributed by atoms with Crippen molar-refractivity contribution in [1.29, 1.82) is 0 Å². The fourth-order valence-electron chi connectivity index (χ4n) is 1.72. The van der Waals surface area contributed by atoms with Crippen LogP contribution < -0.4 is 14.2 Å². The molecule has 162 valence electrons. The molecule has 0 fully saturated rings. The first-order valence-corrected chi connectivity index (χ1v) is 8.69. The van der Waals surface area contributed by atoms with Crippen LogP contribution in [0.4, 0.5) is 0 Å². The highest BCUT2D eigenvalue weighted by atomic mass is 16.5. The number of hydrogen-bond acceptors (Lipinski definition) is 9. The Balaban J connectivity index is 2.69. The van der Waals surface area contributed by atoms with E-state index in [1.54, 1.807) is 0 Å². The van der Waals surface area contributed by atoms with Gasteiger partial charge in [0.1, 0.15) is 0 Å². The number of carbonyl (C=O) groups is 3. The number of carboxylic acid groups (broad SMARTS) is 3. The highest BCUT2D eigenvalue weighted by Gasteiger charge is 2.10. The maximum absolute atomic E-state index is 10.4. The average Bonchev–Trinajstić information content (AvgIpc) is 2.66. The minimum absolute atomic E-state index is 0.0926. The Morgan fingerprint density at radius 3 is 1.10 bits per heavy atom. The first-order valence-electron chi connectivity index (χ1n) is 8.69. The van der Waals surface area contributed by atoms with Gasteiger partial charge in [-0.15, -0.1) is 15.0 Å². The summed E-state index contributed by atoms with van der Waals surface area (Å²) in [4.78, 5) is 43.1. The van der Waals surface area contributed by atoms with Gasteiger partial charge in [0.15, 0.2) is 0 Å². The van der Waals surface area contributed by atoms with E-state index in [2.05, 4.69) is 15.0 Å². The predicted octanol–water partition coefficient (Wildman–Crippen LogP) is 1.10. The van der Waals surface area contributed by atoms with E-state index in [4.69, 9.17) is 29.5 Å². The van der Waals surface area contributed by atoms with Gasteiger partial charge in [-0.2, -0.15) is 0 Å². The lowest BCUT2D eigenvalue weighted by atomic mass is 10.4. The summed E-state index contributed by atoms with van der Waals surface area (Å²) >= 11 is 0. The quantitative estimate of drug-likeness (QED) is 0.270. The minimum Gasteiger partial charge on any atom is -0.478 e. The summed E-state index contributed by atoms with van der Waals surface area (Å²) in [6.45, 7) is 0.278. The van der Waals surface area contributed by atoms with Gasteiger partial charge in [-0.3, -0.25) is 0 Å². The van der Waals surface area contributed by atoms with E-state index in [0.29, 0.717) is 19.3 Å². The van der Waals surface area contributed by atoms with Gasteiger partial charge in [0.2, 0.25) is 0 Å². The van der Waals surface area contributed by atoms with Crippen molar-refractivity contribution in [2.24, 2.45) is 0 Å². The number of ether oxygens (including phenoxy) is 3. The summed E-state index contributed by atoms with van der Waals surface area (Å²) in [6.07, 6.45) is 8.05. The molecule has 0 saturated carbocycles. The zero-order valence-corrected chi connectivity index (χ0v) is 15.8. The SMILES string of the molecule is O=C(O)C=CCCOc1nc(OCCC=CC(=O)O)nc(OCCC=CC(=O)O)n1. The molecule has 30 heavy (non-hydrogen) atoms. The number of aliphatic carboxylic acids is 3. The molecule has 0 aliphatic carbocycles. The first-order chi connectivity index (χ1) is 14.4. The molecule has 0 saturated heterocycles. The third-order valence-electron chi connectivity index (χ3n) is 2.90. The molecule has 0 atom stereocenters. The Hall–Kier alpha value is -3.96. The van der Waals surface area contributed by atoms with Gasteiger partial charge in [0.25, 0.3) is 0 Å². The minimum atomic E-state index is -1.07. The van der Waals surface area contributed by atoms with Crippen LogP contribution in [0.5, 0.6) is 18.0 Å². The average molecular weight is 423 g/mol. The molecule has 0 aliphatic heterocycles. The van der Waals surface area contributed by atoms with Crippen LogP contribution in [0.3, 0.4) is 0 Å². The van der Waals surface area contributed by atoms with Crippen molar-refractivity contribution < 1.29 is 43.9 Å². The largest absolute Gasteiger partial charge is 0.478 e. The van der Waals surface area contributed by atoms with Gasteiger partial charge < -0.3 is 29.5 Å². The molecule has 1 aromatic rings. The molecule has 0 amide bonds. The third-order valence-corrected chi connectivity index (χ3v) is 2.90. The van der Waals surface area contributed by atoms with Crippen LogP contribution in [0, 0.1) is 0 Å². The predicted molar refractivity (Wildman–Crippen MR) is 100 cm³/mol. The lowest BCUT2D eigenvalue weighted by Gasteiger charge is -2.08. The Morgan fingerprint density at radius 1 is 0.600 bits per heavy atom. The smallest absolute Gasteiger partial charge is 0.327 e. The molecule has 1 rings (SSSR count). The highest BCUT2D eigenvalue weighted by Crippen LogP contribution is 2.15. The van der Waals surface area contributed by atoms with Gasteiger partial charge in [0.05, 0.1) is 19.8 Å². The normalized spacial score (nSPS) is 11.2. The van der Waals surface area contributed by atoms with Crippen LogP contribution >= 0.6 is 0 Å². The summed E-state index contributed by atoms with van der Waals surface area (Å²) in [6, 6.07) is -0.331. The lowest BCUT2D eigenvalue weighted by Crippen LogP contribution is -2.09. The van der Waals surface area contributed by atoms with Crippen molar-refractivity contribution in [3.63, 3.8) is 0 Å². The summed E-state index contributed by atoms with van der Waals surface area (Å²) in [5.41, 5.74) is 0. The van der Waals surface area contributed by atoms with E-state index < -0.39 is 17.9 Å². The fourth-order valence-corrected chi connectivity index (χ4v) is 1.72. The van der Waals surface area contributed by atoms with Crippen LogP contribution in [0.1, 0.15) is 19.3 Å². The molecule has 0 radical (unpaired) electrons. The van der Waals surface area contributed by atoms with E-state index in [9.17, 15) is 14.4 Å². The Kier molecular flexibility index (Phi) is 11.3. The van der Waals surface area contributed by atoms with Crippen LogP contribution in [-0.4, -0.2) is 68.0 Å². The number of nitrogens with zero attached hydrogens (tertiary/aromatic N) is 3. The van der Waals surface area contributed by atoms with Crippen molar-refractivity contribution >= 4 is 17.9 Å². The van der Waals surface area contributed by atoms with E-state index in [0.717, 1.165) is 18.2 Å². The maximum atomic E-state index is 10.4. The second-order valence-corrected chi connectivity index (χ2v) is 5.32. The Bertz CT molecular complexity index is 689. The topological polar surface area (TPSA) is 178 Å². The highest BCUT2D eigenvalue weighted by molar-refractivity contribution is 5.80. The molecule has 1 heterocycles. The first kappa shape index (κ1) is 24.1. The second kappa shape index (κ2) is 14.1. The summed E-state index contributed by atoms with van der Waals surface area (Å²) in [5, 5.41) is 25.6. The summed E-state index contributed by atoms with van der Waals surface area (Å²) in [7, 11) is 0. The molecule has 1 aromatic heterocycles. The molecule has 0 aliphatic rings. The number of aromatic nitrogens is 3. The molecule has 0 bridgehead atoms. The van der Waals surface area contributed by atoms with Crippen LogP contribution in [0.25, 0.3) is 0 Å². The van der Waals surface area contributed by atoms with Crippen molar-refractivity contribution in [3.05, 3.63) is 36.5 Å². The monoisotopic (exact) mass is 423 g/mol. The summed E-state index contributed by atoms with van der Waals surface area (Å²) < 4.78 is 16.0. The van der Waals surface area contributed by atoms with Gasteiger partial charge in [0, 0.05) is 37.5 Å². The van der Waals surface area contributed by atoms with Crippen molar-refractivity contribution in [3.8, 4) is 18.0 Å². The Labute approximate surface area is 171 Å². The fraction of sp³-hybridized carbons (Fsp3) is 0.333. The van der Waals surface area contributed by atoms with Crippen molar-refractivity contribution in [1.82, 2.24) is 15.0 Å². The van der Waals surface area contributed by atoms with E-state index in [-0.39, 0.29) is 37.9 Å². The van der Waals surface area contributed by atoms with Gasteiger partial charge in [-0.25, -0.2) is 14.4 Å². The molecule has 3 N–H and O–H groups in total. The van der Waals surface area contributed by atoms with E-state index in [1.807, 2.05) is 0 Å². The Morgan fingerprint density at radius 2 is 0.867 bits per heavy atom. The molecule has 12 heteroatoms. The van der Waals surface area contributed by atoms with Crippen molar-refractivity contribution in [2.45, 2.75) is 19.3 Å². The zero-order valence-electron chi connectivity index (χ0n) is 15.8. The number of rotatable bonds is 15. The molecular formula is C18H21N3O9. The lowest BCUT2D eigenvalue weighted by molar-refractivity contribution is -0.132. The summed E-state index contributed by atoms with van der Waals surface area (Å²) in [5.74, 6) is -3.22.